The summed E-state index contributed by atoms with van der Waals surface area (Å²) in [7, 11) is 0. The van der Waals surface area contributed by atoms with Crippen molar-refractivity contribution in [3.8, 4) is 11.5 Å². The van der Waals surface area contributed by atoms with Gasteiger partial charge in [-0.15, -0.1) is 0 Å². The molecule has 0 unspecified atom stereocenters. The molecule has 7 heteroatoms. The van der Waals surface area contributed by atoms with Crippen LogP contribution in [0, 0.1) is 5.92 Å². The number of ether oxygens (including phenoxy) is 2. The van der Waals surface area contributed by atoms with Crippen molar-refractivity contribution in [2.24, 2.45) is 5.92 Å². The van der Waals surface area contributed by atoms with Crippen LogP contribution in [0.25, 0.3) is 0 Å². The maximum Gasteiger partial charge on any atom is 0.245 e. The lowest BCUT2D eigenvalue weighted by Gasteiger charge is -2.30. The van der Waals surface area contributed by atoms with E-state index in [0.29, 0.717) is 62.2 Å². The topological polar surface area (TPSA) is 67.9 Å². The van der Waals surface area contributed by atoms with E-state index in [1.807, 2.05) is 6.07 Å². The minimum absolute atomic E-state index is 0.00304. The number of likely N-dealkylation sites (tertiary alicyclic amines) is 1. The van der Waals surface area contributed by atoms with Crippen molar-refractivity contribution >= 4 is 23.4 Å². The highest BCUT2D eigenvalue weighted by Gasteiger charge is 2.26. The number of hydrogen-bond acceptors (Lipinski definition) is 4. The molecule has 0 bridgehead atoms. The average molecular weight is 365 g/mol. The lowest BCUT2D eigenvalue weighted by Crippen LogP contribution is -2.42. The Morgan fingerprint density at radius 2 is 2.00 bits per heavy atom. The molecule has 0 radical (unpaired) electrons. The third-order valence-corrected chi connectivity index (χ3v) is 4.76. The van der Waals surface area contributed by atoms with Crippen LogP contribution in [0.1, 0.15) is 18.4 Å². The molecule has 1 saturated heterocycles. The number of amides is 2. The first-order valence-electron chi connectivity index (χ1n) is 8.35. The zero-order chi connectivity index (χ0) is 17.8. The van der Waals surface area contributed by atoms with Gasteiger partial charge in [0.25, 0.3) is 0 Å². The Bertz CT molecular complexity index is 684. The van der Waals surface area contributed by atoms with E-state index in [1.54, 1.807) is 11.0 Å². The summed E-state index contributed by atoms with van der Waals surface area (Å²) in [5.74, 6) is 1.00. The molecule has 1 aromatic rings. The highest BCUT2D eigenvalue weighted by Crippen LogP contribution is 2.38. The van der Waals surface area contributed by atoms with Gasteiger partial charge < -0.3 is 19.7 Å². The Kier molecular flexibility index (Phi) is 5.48. The maximum atomic E-state index is 12.4. The van der Waals surface area contributed by atoms with Crippen LogP contribution in [0.2, 0.25) is 5.02 Å². The largest absolute Gasteiger partial charge is 0.486 e. The fourth-order valence-corrected chi connectivity index (χ4v) is 3.38. The van der Waals surface area contributed by atoms with Crippen LogP contribution in [0.4, 0.5) is 0 Å². The summed E-state index contributed by atoms with van der Waals surface area (Å²) in [6, 6.07) is 3.62. The molecule has 0 atom stereocenters. The fourth-order valence-electron chi connectivity index (χ4n) is 3.09. The van der Waals surface area contributed by atoms with E-state index in [2.05, 4.69) is 11.9 Å². The SMILES string of the molecule is C=CC(=O)N1CCC(C(=O)NCc2cc(Cl)c3c(c2)OCCO3)CC1. The van der Waals surface area contributed by atoms with Gasteiger partial charge >= 0.3 is 0 Å². The van der Waals surface area contributed by atoms with Gasteiger partial charge in [0.15, 0.2) is 11.5 Å². The first kappa shape index (κ1) is 17.6. The van der Waals surface area contributed by atoms with Crippen LogP contribution in [0.5, 0.6) is 11.5 Å². The molecule has 0 aromatic heterocycles. The number of fused-ring (bicyclic) bond motifs is 1. The van der Waals surface area contributed by atoms with Crippen molar-refractivity contribution in [1.82, 2.24) is 10.2 Å². The van der Waals surface area contributed by atoms with E-state index in [-0.39, 0.29) is 17.7 Å². The number of piperidine rings is 1. The molecule has 134 valence electrons. The third kappa shape index (κ3) is 4.07. The highest BCUT2D eigenvalue weighted by atomic mass is 35.5. The van der Waals surface area contributed by atoms with Crippen LogP contribution in [0.3, 0.4) is 0 Å². The Labute approximate surface area is 151 Å². The Hall–Kier alpha value is -2.21. The second-order valence-corrected chi connectivity index (χ2v) is 6.53. The van der Waals surface area contributed by atoms with Crippen LogP contribution in [-0.2, 0) is 16.1 Å². The maximum absolute atomic E-state index is 12.4. The van der Waals surface area contributed by atoms with Gasteiger partial charge in [-0.2, -0.15) is 0 Å². The van der Waals surface area contributed by atoms with E-state index in [9.17, 15) is 9.59 Å². The smallest absolute Gasteiger partial charge is 0.245 e. The molecular weight excluding hydrogens is 344 g/mol. The predicted octanol–water partition coefficient (Wildman–Crippen LogP) is 2.15. The van der Waals surface area contributed by atoms with Gasteiger partial charge in [-0.05, 0) is 36.6 Å². The molecular formula is C18H21ClN2O4. The average Bonchev–Trinajstić information content (AvgIpc) is 2.65. The molecule has 2 heterocycles. The second-order valence-electron chi connectivity index (χ2n) is 6.12. The lowest BCUT2D eigenvalue weighted by molar-refractivity contribution is -0.132. The van der Waals surface area contributed by atoms with Crippen molar-refractivity contribution in [2.45, 2.75) is 19.4 Å². The molecule has 0 saturated carbocycles. The zero-order valence-electron chi connectivity index (χ0n) is 13.9. The third-order valence-electron chi connectivity index (χ3n) is 4.48. The predicted molar refractivity (Wildman–Crippen MR) is 93.8 cm³/mol. The normalized spacial score (nSPS) is 17.1. The standard InChI is InChI=1S/C18H21ClN2O4/c1-2-16(22)21-5-3-13(4-6-21)18(23)20-11-12-9-14(19)17-15(10-12)24-7-8-25-17/h2,9-10,13H,1,3-8,11H2,(H,20,23). The van der Waals surface area contributed by atoms with Crippen molar-refractivity contribution < 1.29 is 19.1 Å². The van der Waals surface area contributed by atoms with Gasteiger partial charge in [-0.3, -0.25) is 9.59 Å². The fraction of sp³-hybridized carbons (Fsp3) is 0.444. The van der Waals surface area contributed by atoms with Crippen LogP contribution in [0.15, 0.2) is 24.8 Å². The van der Waals surface area contributed by atoms with Crippen molar-refractivity contribution in [1.29, 1.82) is 0 Å². The van der Waals surface area contributed by atoms with Crippen LogP contribution >= 0.6 is 11.6 Å². The van der Waals surface area contributed by atoms with Crippen molar-refractivity contribution in [3.63, 3.8) is 0 Å². The number of carbonyl (C=O) groups excluding carboxylic acids is 2. The Morgan fingerprint density at radius 1 is 1.28 bits per heavy atom. The second kappa shape index (κ2) is 7.78. The number of hydrogen-bond donors (Lipinski definition) is 1. The summed E-state index contributed by atoms with van der Waals surface area (Å²) < 4.78 is 11.0. The molecule has 1 aromatic carbocycles. The summed E-state index contributed by atoms with van der Waals surface area (Å²) >= 11 is 6.21. The minimum Gasteiger partial charge on any atom is -0.486 e. The van der Waals surface area contributed by atoms with Crippen LogP contribution in [-0.4, -0.2) is 43.0 Å². The molecule has 0 aliphatic carbocycles. The van der Waals surface area contributed by atoms with Crippen LogP contribution < -0.4 is 14.8 Å². The molecule has 0 spiro atoms. The number of rotatable bonds is 4. The van der Waals surface area contributed by atoms with E-state index in [0.717, 1.165) is 5.56 Å². The number of halogens is 1. The van der Waals surface area contributed by atoms with Gasteiger partial charge in [0, 0.05) is 25.6 Å². The van der Waals surface area contributed by atoms with E-state index in [1.165, 1.54) is 6.08 Å². The molecule has 1 N–H and O–H groups in total. The first-order valence-corrected chi connectivity index (χ1v) is 8.73. The summed E-state index contributed by atoms with van der Waals surface area (Å²) in [4.78, 5) is 25.7. The Morgan fingerprint density at radius 3 is 2.72 bits per heavy atom. The molecule has 6 nitrogen and oxygen atoms in total. The number of nitrogens with one attached hydrogen (secondary N) is 1. The van der Waals surface area contributed by atoms with Gasteiger partial charge in [0.05, 0.1) is 5.02 Å². The summed E-state index contributed by atoms with van der Waals surface area (Å²) in [5.41, 5.74) is 0.863. The highest BCUT2D eigenvalue weighted by molar-refractivity contribution is 6.32. The first-order chi connectivity index (χ1) is 12.1. The summed E-state index contributed by atoms with van der Waals surface area (Å²) in [5, 5.41) is 3.43. The minimum atomic E-state index is -0.0819. The Balaban J connectivity index is 1.54. The van der Waals surface area contributed by atoms with Gasteiger partial charge in [-0.25, -0.2) is 0 Å². The summed E-state index contributed by atoms with van der Waals surface area (Å²) in [6.07, 6.45) is 2.63. The van der Waals surface area contributed by atoms with Crippen molar-refractivity contribution in [2.75, 3.05) is 26.3 Å². The van der Waals surface area contributed by atoms with E-state index >= 15 is 0 Å². The van der Waals surface area contributed by atoms with Gasteiger partial charge in [0.1, 0.15) is 13.2 Å². The molecule has 2 aliphatic rings. The molecule has 2 aliphatic heterocycles. The monoisotopic (exact) mass is 364 g/mol. The molecule has 1 fully saturated rings. The number of carbonyl (C=O) groups is 2. The zero-order valence-corrected chi connectivity index (χ0v) is 14.7. The molecule has 2 amide bonds. The summed E-state index contributed by atoms with van der Waals surface area (Å²) in [6.45, 7) is 6.00. The van der Waals surface area contributed by atoms with E-state index in [4.69, 9.17) is 21.1 Å². The number of nitrogens with zero attached hydrogens (tertiary/aromatic N) is 1. The van der Waals surface area contributed by atoms with Crippen molar-refractivity contribution in [3.05, 3.63) is 35.4 Å². The van der Waals surface area contributed by atoms with Gasteiger partial charge in [-0.1, -0.05) is 18.2 Å². The van der Waals surface area contributed by atoms with E-state index < -0.39 is 0 Å². The van der Waals surface area contributed by atoms with Gasteiger partial charge in [0.2, 0.25) is 11.8 Å². The number of benzene rings is 1. The lowest BCUT2D eigenvalue weighted by atomic mass is 9.95. The quantitative estimate of drug-likeness (QED) is 0.831. The molecule has 3 rings (SSSR count). The molecule has 25 heavy (non-hydrogen) atoms.